The van der Waals surface area contributed by atoms with Gasteiger partial charge in [-0.25, -0.2) is 4.98 Å². The van der Waals surface area contributed by atoms with Gasteiger partial charge >= 0.3 is 0 Å². The van der Waals surface area contributed by atoms with Crippen LogP contribution in [0, 0.1) is 0 Å². The van der Waals surface area contributed by atoms with Gasteiger partial charge < -0.3 is 5.32 Å². The Morgan fingerprint density at radius 3 is 2.58 bits per heavy atom. The maximum Gasteiger partial charge on any atom is 0.254 e. The lowest BCUT2D eigenvalue weighted by atomic mass is 9.97. The topological polar surface area (TPSA) is 72.0 Å². The summed E-state index contributed by atoms with van der Waals surface area (Å²) in [5.41, 5.74) is 3.32. The standard InChI is InChI=1S/C21H18N3O2/c1-2-16(18-11-10-15-7-3-4-8-17(15)24-18)20(21(26)23-13-14-25)19-9-5-6-12-22-19/h3-12H,2,13H2,1H3,(H,23,26)/b20-16-. The van der Waals surface area contributed by atoms with Crippen molar-refractivity contribution in [2.75, 3.05) is 6.54 Å². The number of pyridine rings is 2. The zero-order valence-corrected chi connectivity index (χ0v) is 14.4. The van der Waals surface area contributed by atoms with Crippen LogP contribution in [0.5, 0.6) is 0 Å². The molecular formula is C21H18N3O2. The third kappa shape index (κ3) is 3.67. The van der Waals surface area contributed by atoms with Crippen LogP contribution in [0.2, 0.25) is 0 Å². The van der Waals surface area contributed by atoms with Crippen molar-refractivity contribution in [2.45, 2.75) is 13.3 Å². The number of amides is 1. The third-order valence-corrected chi connectivity index (χ3v) is 4.03. The number of hydrogen-bond acceptors (Lipinski definition) is 4. The van der Waals surface area contributed by atoms with Gasteiger partial charge in [0.25, 0.3) is 5.91 Å². The molecule has 0 bridgehead atoms. The number of para-hydroxylation sites is 1. The first-order valence-electron chi connectivity index (χ1n) is 8.38. The van der Waals surface area contributed by atoms with Crippen molar-refractivity contribution < 1.29 is 9.59 Å². The van der Waals surface area contributed by atoms with E-state index in [2.05, 4.69) is 10.3 Å². The first kappa shape index (κ1) is 17.5. The summed E-state index contributed by atoms with van der Waals surface area (Å²) >= 11 is 0. The van der Waals surface area contributed by atoms with Crippen LogP contribution in [0.3, 0.4) is 0 Å². The van der Waals surface area contributed by atoms with Crippen LogP contribution >= 0.6 is 0 Å². The summed E-state index contributed by atoms with van der Waals surface area (Å²) in [6.45, 7) is 1.80. The van der Waals surface area contributed by atoms with Crippen molar-refractivity contribution >= 4 is 34.2 Å². The summed E-state index contributed by atoms with van der Waals surface area (Å²) in [4.78, 5) is 32.3. The van der Waals surface area contributed by atoms with Gasteiger partial charge in [0.2, 0.25) is 6.29 Å². The lowest BCUT2D eigenvalue weighted by Gasteiger charge is -2.14. The summed E-state index contributed by atoms with van der Waals surface area (Å²) in [6.07, 6.45) is 3.91. The molecule has 2 aromatic heterocycles. The van der Waals surface area contributed by atoms with Gasteiger partial charge in [0.05, 0.1) is 29.0 Å². The van der Waals surface area contributed by atoms with Gasteiger partial charge in [-0.05, 0) is 36.3 Å². The van der Waals surface area contributed by atoms with Gasteiger partial charge in [-0.1, -0.05) is 37.3 Å². The quantitative estimate of drug-likeness (QED) is 0.697. The zero-order chi connectivity index (χ0) is 18.4. The second-order valence-electron chi connectivity index (χ2n) is 5.64. The molecular weight excluding hydrogens is 326 g/mol. The molecule has 1 aromatic carbocycles. The van der Waals surface area contributed by atoms with Crippen LogP contribution in [0.4, 0.5) is 0 Å². The van der Waals surface area contributed by atoms with E-state index in [1.54, 1.807) is 24.6 Å². The molecule has 0 aliphatic heterocycles. The maximum absolute atomic E-state index is 12.7. The average molecular weight is 344 g/mol. The molecule has 129 valence electrons. The fraction of sp³-hybridized carbons (Fsp3) is 0.143. The summed E-state index contributed by atoms with van der Waals surface area (Å²) in [7, 11) is 0. The second-order valence-corrected chi connectivity index (χ2v) is 5.64. The fourth-order valence-corrected chi connectivity index (χ4v) is 2.84. The molecule has 2 heterocycles. The van der Waals surface area contributed by atoms with E-state index in [0.29, 0.717) is 17.7 Å². The summed E-state index contributed by atoms with van der Waals surface area (Å²) in [6, 6.07) is 17.1. The van der Waals surface area contributed by atoms with Gasteiger partial charge in [0.15, 0.2) is 0 Å². The number of hydrogen-bond donors (Lipinski definition) is 1. The van der Waals surface area contributed by atoms with Crippen LogP contribution < -0.4 is 5.32 Å². The number of carbonyl (C=O) groups is 1. The summed E-state index contributed by atoms with van der Waals surface area (Å²) < 4.78 is 0. The Balaban J connectivity index is 2.18. The minimum atomic E-state index is -0.362. The van der Waals surface area contributed by atoms with Gasteiger partial charge in [0, 0.05) is 11.6 Å². The molecule has 3 aromatic rings. The van der Waals surface area contributed by atoms with Crippen molar-refractivity contribution in [2.24, 2.45) is 0 Å². The predicted molar refractivity (Wildman–Crippen MR) is 102 cm³/mol. The molecule has 3 rings (SSSR count). The average Bonchev–Trinajstić information content (AvgIpc) is 2.70. The normalized spacial score (nSPS) is 11.7. The van der Waals surface area contributed by atoms with E-state index in [1.165, 1.54) is 0 Å². The molecule has 0 atom stereocenters. The second kappa shape index (κ2) is 8.16. The van der Waals surface area contributed by atoms with Crippen molar-refractivity contribution in [1.82, 2.24) is 15.3 Å². The number of allylic oxidation sites excluding steroid dienone is 1. The molecule has 1 N–H and O–H groups in total. The molecule has 0 saturated heterocycles. The van der Waals surface area contributed by atoms with Crippen LogP contribution in [0.1, 0.15) is 24.7 Å². The Morgan fingerprint density at radius 2 is 1.85 bits per heavy atom. The Hall–Kier alpha value is -3.34. The van der Waals surface area contributed by atoms with Crippen molar-refractivity contribution in [1.29, 1.82) is 0 Å². The van der Waals surface area contributed by atoms with E-state index in [0.717, 1.165) is 22.2 Å². The first-order valence-corrected chi connectivity index (χ1v) is 8.38. The lowest BCUT2D eigenvalue weighted by Crippen LogP contribution is -2.27. The van der Waals surface area contributed by atoms with E-state index in [1.807, 2.05) is 49.4 Å². The molecule has 1 radical (unpaired) electrons. The maximum atomic E-state index is 12.7. The molecule has 0 spiro atoms. The Kier molecular flexibility index (Phi) is 5.49. The first-order chi connectivity index (χ1) is 12.7. The van der Waals surface area contributed by atoms with Crippen LogP contribution in [-0.4, -0.2) is 28.7 Å². The lowest BCUT2D eigenvalue weighted by molar-refractivity contribution is -0.115. The molecule has 0 unspecified atom stereocenters. The van der Waals surface area contributed by atoms with E-state index >= 15 is 0 Å². The zero-order valence-electron chi connectivity index (χ0n) is 14.4. The molecule has 0 fully saturated rings. The number of nitrogens with zero attached hydrogens (tertiary/aromatic N) is 2. The van der Waals surface area contributed by atoms with Crippen molar-refractivity contribution in [3.63, 3.8) is 0 Å². The summed E-state index contributed by atoms with van der Waals surface area (Å²) in [5.74, 6) is -0.362. The number of carbonyl (C=O) groups excluding carboxylic acids is 2. The van der Waals surface area contributed by atoms with Gasteiger partial charge in [-0.15, -0.1) is 0 Å². The minimum absolute atomic E-state index is 0.169. The molecule has 5 heteroatoms. The highest BCUT2D eigenvalue weighted by Gasteiger charge is 2.19. The minimum Gasteiger partial charge on any atom is -0.344 e. The molecule has 26 heavy (non-hydrogen) atoms. The number of rotatable bonds is 6. The van der Waals surface area contributed by atoms with E-state index in [4.69, 9.17) is 4.98 Å². The van der Waals surface area contributed by atoms with Crippen molar-refractivity contribution in [3.8, 4) is 0 Å². The largest absolute Gasteiger partial charge is 0.344 e. The molecule has 5 nitrogen and oxygen atoms in total. The van der Waals surface area contributed by atoms with E-state index in [9.17, 15) is 9.59 Å². The fourth-order valence-electron chi connectivity index (χ4n) is 2.84. The van der Waals surface area contributed by atoms with E-state index in [-0.39, 0.29) is 12.5 Å². The van der Waals surface area contributed by atoms with Gasteiger partial charge in [0.1, 0.15) is 0 Å². The predicted octanol–water partition coefficient (Wildman–Crippen LogP) is 3.18. The SMILES string of the molecule is CC/C(=C(/C(=O)NC[C]=O)c1ccccn1)c1ccc2ccccc2n1. The highest BCUT2D eigenvalue weighted by Crippen LogP contribution is 2.28. The molecule has 0 aliphatic rings. The van der Waals surface area contributed by atoms with Crippen molar-refractivity contribution in [3.05, 3.63) is 72.2 Å². The molecule has 0 saturated carbocycles. The van der Waals surface area contributed by atoms with E-state index < -0.39 is 0 Å². The Morgan fingerprint density at radius 1 is 1.04 bits per heavy atom. The third-order valence-electron chi connectivity index (χ3n) is 4.03. The Labute approximate surface area is 151 Å². The number of aromatic nitrogens is 2. The van der Waals surface area contributed by atoms with Crippen LogP contribution in [0.15, 0.2) is 60.8 Å². The number of fused-ring (bicyclic) bond motifs is 1. The smallest absolute Gasteiger partial charge is 0.254 e. The monoisotopic (exact) mass is 344 g/mol. The number of benzene rings is 1. The summed E-state index contributed by atoms with van der Waals surface area (Å²) in [5, 5.41) is 3.60. The highest BCUT2D eigenvalue weighted by molar-refractivity contribution is 6.26. The van der Waals surface area contributed by atoms with Crippen LogP contribution in [0.25, 0.3) is 22.0 Å². The molecule has 0 aliphatic carbocycles. The van der Waals surface area contributed by atoms with Gasteiger partial charge in [-0.3, -0.25) is 14.6 Å². The highest BCUT2D eigenvalue weighted by atomic mass is 16.2. The van der Waals surface area contributed by atoms with Crippen LogP contribution in [-0.2, 0) is 9.59 Å². The Bertz CT molecular complexity index is 965. The van der Waals surface area contributed by atoms with Gasteiger partial charge in [-0.2, -0.15) is 0 Å². The number of nitrogens with one attached hydrogen (secondary N) is 1. The molecule has 1 amide bonds.